The summed E-state index contributed by atoms with van der Waals surface area (Å²) < 4.78 is 7.74. The molecule has 6 heteroatoms. The highest BCUT2D eigenvalue weighted by Gasteiger charge is 2.08. The molecule has 1 aromatic heterocycles. The first-order valence-electron chi connectivity index (χ1n) is 8.70. The van der Waals surface area contributed by atoms with E-state index in [0.717, 1.165) is 30.4 Å². The average molecular weight is 353 g/mol. The Balaban J connectivity index is 1.47. The molecule has 0 saturated heterocycles. The summed E-state index contributed by atoms with van der Waals surface area (Å²) in [6.07, 6.45) is 3.68. The van der Waals surface area contributed by atoms with Gasteiger partial charge in [0.25, 0.3) is 5.91 Å². The molecule has 1 amide bonds. The Morgan fingerprint density at radius 1 is 1.19 bits per heavy atom. The Bertz CT molecular complexity index is 872. The van der Waals surface area contributed by atoms with Crippen LogP contribution in [0, 0.1) is 6.92 Å². The minimum atomic E-state index is -0.524. The quantitative estimate of drug-likeness (QED) is 0.369. The van der Waals surface area contributed by atoms with Crippen LogP contribution in [0.25, 0.3) is 11.0 Å². The van der Waals surface area contributed by atoms with Crippen molar-refractivity contribution in [3.05, 3.63) is 65.5 Å². The first-order chi connectivity index (χ1) is 12.7. The Labute approximate surface area is 152 Å². The van der Waals surface area contributed by atoms with Crippen LogP contribution in [0.5, 0.6) is 0 Å². The van der Waals surface area contributed by atoms with Gasteiger partial charge in [-0.2, -0.15) is 0 Å². The number of aryl methyl sites for hydroxylation is 2. The number of unbranched alkanes of at least 4 members (excludes halogenated alkanes) is 1. The molecule has 0 unspecified atom stereocenters. The molecule has 3 rings (SSSR count). The monoisotopic (exact) mass is 353 g/mol. The lowest BCUT2D eigenvalue weighted by molar-refractivity contribution is 0.0706. The van der Waals surface area contributed by atoms with E-state index in [1.165, 1.54) is 11.1 Å². The van der Waals surface area contributed by atoms with Crippen LogP contribution in [0.1, 0.15) is 34.3 Å². The number of imidazole rings is 1. The van der Waals surface area contributed by atoms with Crippen LogP contribution in [0.2, 0.25) is 0 Å². The SMILES string of the molecule is Cc1ccc(COCCCCn2cnc3ccc(C(=O)NO)cc32)cc1. The van der Waals surface area contributed by atoms with Gasteiger partial charge in [-0.25, -0.2) is 10.5 Å². The first-order valence-corrected chi connectivity index (χ1v) is 8.70. The molecule has 0 spiro atoms. The van der Waals surface area contributed by atoms with Crippen molar-refractivity contribution in [1.82, 2.24) is 15.0 Å². The fourth-order valence-electron chi connectivity index (χ4n) is 2.80. The fourth-order valence-corrected chi connectivity index (χ4v) is 2.80. The van der Waals surface area contributed by atoms with Gasteiger partial charge in [0, 0.05) is 18.7 Å². The van der Waals surface area contributed by atoms with Gasteiger partial charge in [0.2, 0.25) is 0 Å². The summed E-state index contributed by atoms with van der Waals surface area (Å²) in [5.41, 5.74) is 6.21. The number of hydrogen-bond acceptors (Lipinski definition) is 4. The zero-order chi connectivity index (χ0) is 18.4. The number of hydrogen-bond donors (Lipinski definition) is 2. The number of ether oxygens (including phenoxy) is 1. The maximum absolute atomic E-state index is 11.6. The molecule has 1 heterocycles. The molecule has 0 aliphatic rings. The number of carbonyl (C=O) groups excluding carboxylic acids is 1. The second-order valence-electron chi connectivity index (χ2n) is 6.33. The van der Waals surface area contributed by atoms with E-state index in [1.54, 1.807) is 30.0 Å². The van der Waals surface area contributed by atoms with E-state index in [-0.39, 0.29) is 0 Å². The van der Waals surface area contributed by atoms with Gasteiger partial charge in [0.15, 0.2) is 0 Å². The van der Waals surface area contributed by atoms with Crippen molar-refractivity contribution >= 4 is 16.9 Å². The van der Waals surface area contributed by atoms with Crippen LogP contribution in [0.3, 0.4) is 0 Å². The maximum Gasteiger partial charge on any atom is 0.274 e. The third-order valence-electron chi connectivity index (χ3n) is 4.31. The maximum atomic E-state index is 11.6. The van der Waals surface area contributed by atoms with Crippen LogP contribution in [0.4, 0.5) is 0 Å². The smallest absolute Gasteiger partial charge is 0.274 e. The summed E-state index contributed by atoms with van der Waals surface area (Å²) >= 11 is 0. The summed E-state index contributed by atoms with van der Waals surface area (Å²) in [5.74, 6) is -0.524. The summed E-state index contributed by atoms with van der Waals surface area (Å²) in [4.78, 5) is 15.9. The molecule has 2 N–H and O–H groups in total. The lowest BCUT2D eigenvalue weighted by Gasteiger charge is -2.07. The van der Waals surface area contributed by atoms with Crippen molar-refractivity contribution in [1.29, 1.82) is 0 Å². The predicted octanol–water partition coefficient (Wildman–Crippen LogP) is 3.46. The molecule has 0 aliphatic carbocycles. The lowest BCUT2D eigenvalue weighted by Crippen LogP contribution is -2.18. The second-order valence-corrected chi connectivity index (χ2v) is 6.33. The van der Waals surface area contributed by atoms with Crippen LogP contribution < -0.4 is 5.48 Å². The molecule has 0 fully saturated rings. The van der Waals surface area contributed by atoms with E-state index in [0.29, 0.717) is 18.8 Å². The van der Waals surface area contributed by atoms with Crippen molar-refractivity contribution in [2.75, 3.05) is 6.61 Å². The Morgan fingerprint density at radius 3 is 2.77 bits per heavy atom. The molecule has 26 heavy (non-hydrogen) atoms. The van der Waals surface area contributed by atoms with Crippen molar-refractivity contribution in [2.24, 2.45) is 0 Å². The van der Waals surface area contributed by atoms with Gasteiger partial charge in [-0.1, -0.05) is 29.8 Å². The number of nitrogens with one attached hydrogen (secondary N) is 1. The number of nitrogens with zero attached hydrogens (tertiary/aromatic N) is 2. The fraction of sp³-hybridized carbons (Fsp3) is 0.300. The molecule has 0 atom stereocenters. The van der Waals surface area contributed by atoms with E-state index in [1.807, 2.05) is 4.57 Å². The molecule has 0 aliphatic heterocycles. The second kappa shape index (κ2) is 8.60. The molecular weight excluding hydrogens is 330 g/mol. The van der Waals surface area contributed by atoms with E-state index >= 15 is 0 Å². The zero-order valence-corrected chi connectivity index (χ0v) is 14.8. The van der Waals surface area contributed by atoms with E-state index < -0.39 is 5.91 Å². The first kappa shape index (κ1) is 18.1. The summed E-state index contributed by atoms with van der Waals surface area (Å²) in [7, 11) is 0. The van der Waals surface area contributed by atoms with Crippen LogP contribution in [-0.4, -0.2) is 27.3 Å². The Kier molecular flexibility index (Phi) is 5.99. The normalized spacial score (nSPS) is 11.0. The molecule has 2 aromatic carbocycles. The minimum absolute atomic E-state index is 0.406. The summed E-state index contributed by atoms with van der Waals surface area (Å²) in [5, 5.41) is 8.76. The third kappa shape index (κ3) is 4.47. The minimum Gasteiger partial charge on any atom is -0.377 e. The average Bonchev–Trinajstić information content (AvgIpc) is 3.07. The van der Waals surface area contributed by atoms with Gasteiger partial charge in [0.05, 0.1) is 24.0 Å². The van der Waals surface area contributed by atoms with E-state index in [9.17, 15) is 4.79 Å². The van der Waals surface area contributed by atoms with Crippen molar-refractivity contribution in [3.8, 4) is 0 Å². The molecule has 0 saturated carbocycles. The number of carbonyl (C=O) groups is 1. The van der Waals surface area contributed by atoms with Gasteiger partial charge < -0.3 is 9.30 Å². The Morgan fingerprint density at radius 2 is 2.00 bits per heavy atom. The van der Waals surface area contributed by atoms with E-state index in [2.05, 4.69) is 36.2 Å². The number of hydroxylamine groups is 1. The van der Waals surface area contributed by atoms with Crippen LogP contribution >= 0.6 is 0 Å². The highest BCUT2D eigenvalue weighted by molar-refractivity contribution is 5.96. The summed E-state index contributed by atoms with van der Waals surface area (Å²) in [6.45, 7) is 4.21. The number of benzene rings is 2. The standard InChI is InChI=1S/C20H23N3O3/c1-15-4-6-16(7-5-15)13-26-11-3-2-10-23-14-21-18-9-8-17(12-19(18)23)20(24)22-25/h4-9,12,14,25H,2-3,10-11,13H2,1H3,(H,22,24). The Hall–Kier alpha value is -2.70. The highest BCUT2D eigenvalue weighted by Crippen LogP contribution is 2.16. The number of amides is 1. The van der Waals surface area contributed by atoms with Gasteiger partial charge in [-0.3, -0.25) is 10.0 Å². The van der Waals surface area contributed by atoms with Gasteiger partial charge >= 0.3 is 0 Å². The van der Waals surface area contributed by atoms with Gasteiger partial charge in [0.1, 0.15) is 0 Å². The van der Waals surface area contributed by atoms with Gasteiger partial charge in [-0.05, 0) is 43.5 Å². The molecule has 6 nitrogen and oxygen atoms in total. The third-order valence-corrected chi connectivity index (χ3v) is 4.31. The molecule has 0 radical (unpaired) electrons. The molecule has 0 bridgehead atoms. The number of aromatic nitrogens is 2. The van der Waals surface area contributed by atoms with Crippen molar-refractivity contribution < 1.29 is 14.7 Å². The lowest BCUT2D eigenvalue weighted by atomic mass is 10.2. The largest absolute Gasteiger partial charge is 0.377 e. The van der Waals surface area contributed by atoms with Gasteiger partial charge in [-0.15, -0.1) is 0 Å². The highest BCUT2D eigenvalue weighted by atomic mass is 16.5. The topological polar surface area (TPSA) is 76.4 Å². The van der Waals surface area contributed by atoms with E-state index in [4.69, 9.17) is 9.94 Å². The number of rotatable bonds is 8. The van der Waals surface area contributed by atoms with Crippen LogP contribution in [-0.2, 0) is 17.9 Å². The van der Waals surface area contributed by atoms with Crippen LogP contribution in [0.15, 0.2) is 48.8 Å². The van der Waals surface area contributed by atoms with Crippen molar-refractivity contribution in [2.45, 2.75) is 32.9 Å². The molecular formula is C20H23N3O3. The number of fused-ring (bicyclic) bond motifs is 1. The molecule has 3 aromatic rings. The predicted molar refractivity (Wildman–Crippen MR) is 99.1 cm³/mol. The molecule has 136 valence electrons. The summed E-state index contributed by atoms with van der Waals surface area (Å²) in [6, 6.07) is 13.5. The van der Waals surface area contributed by atoms with Crippen molar-refractivity contribution in [3.63, 3.8) is 0 Å². The zero-order valence-electron chi connectivity index (χ0n) is 14.8.